The second-order valence-electron chi connectivity index (χ2n) is 4.81. The first-order valence-corrected chi connectivity index (χ1v) is 7.55. The lowest BCUT2D eigenvalue weighted by Gasteiger charge is -2.31. The minimum absolute atomic E-state index is 0.0569. The Labute approximate surface area is 102 Å². The molecule has 1 heterocycles. The minimum Gasteiger partial charge on any atom is -0.352 e. The molecule has 4 heteroatoms. The molecular weight excluding hydrogens is 220 g/mol. The molecule has 1 N–H and O–H groups in total. The zero-order valence-corrected chi connectivity index (χ0v) is 10.9. The Kier molecular flexibility index (Phi) is 4.53. The summed E-state index contributed by atoms with van der Waals surface area (Å²) < 4.78 is 0. The van der Waals surface area contributed by atoms with Gasteiger partial charge in [0.05, 0.1) is 6.04 Å². The van der Waals surface area contributed by atoms with Gasteiger partial charge in [0.15, 0.2) is 0 Å². The van der Waals surface area contributed by atoms with Crippen LogP contribution in [0.4, 0.5) is 0 Å². The SMILES string of the molecule is C[C@@H](C(=O)NC1CCCC1)N1CCSCC1. The summed E-state index contributed by atoms with van der Waals surface area (Å²) in [6.45, 7) is 4.16. The molecule has 92 valence electrons. The number of rotatable bonds is 3. The van der Waals surface area contributed by atoms with Crippen LogP contribution in [0.3, 0.4) is 0 Å². The summed E-state index contributed by atoms with van der Waals surface area (Å²) in [6.07, 6.45) is 4.90. The van der Waals surface area contributed by atoms with Gasteiger partial charge in [0.25, 0.3) is 0 Å². The van der Waals surface area contributed by atoms with Gasteiger partial charge in [-0.05, 0) is 19.8 Å². The molecule has 2 rings (SSSR count). The van der Waals surface area contributed by atoms with Crippen LogP contribution in [0.5, 0.6) is 0 Å². The molecule has 0 bridgehead atoms. The molecule has 2 aliphatic rings. The lowest BCUT2D eigenvalue weighted by Crippen LogP contribution is -2.50. The molecule has 0 aromatic heterocycles. The van der Waals surface area contributed by atoms with E-state index in [0.29, 0.717) is 6.04 Å². The van der Waals surface area contributed by atoms with Gasteiger partial charge in [-0.25, -0.2) is 0 Å². The second-order valence-corrected chi connectivity index (χ2v) is 6.04. The van der Waals surface area contributed by atoms with Crippen molar-refractivity contribution in [2.75, 3.05) is 24.6 Å². The summed E-state index contributed by atoms with van der Waals surface area (Å²) in [7, 11) is 0. The highest BCUT2D eigenvalue weighted by Gasteiger charge is 2.25. The number of nitrogens with zero attached hydrogens (tertiary/aromatic N) is 1. The molecule has 0 aromatic rings. The van der Waals surface area contributed by atoms with Gasteiger partial charge in [0.2, 0.25) is 5.91 Å². The molecule has 1 amide bonds. The van der Waals surface area contributed by atoms with Crippen molar-refractivity contribution in [2.24, 2.45) is 0 Å². The summed E-state index contributed by atoms with van der Waals surface area (Å²) in [5.41, 5.74) is 0. The lowest BCUT2D eigenvalue weighted by molar-refractivity contribution is -0.126. The summed E-state index contributed by atoms with van der Waals surface area (Å²) in [5.74, 6) is 2.57. The number of carbonyl (C=O) groups excluding carboxylic acids is 1. The maximum atomic E-state index is 12.0. The van der Waals surface area contributed by atoms with Gasteiger partial charge in [0, 0.05) is 30.6 Å². The number of thioether (sulfide) groups is 1. The fourth-order valence-electron chi connectivity index (χ4n) is 2.52. The molecule has 16 heavy (non-hydrogen) atoms. The van der Waals surface area contributed by atoms with Crippen LogP contribution in [-0.4, -0.2) is 47.5 Å². The third kappa shape index (κ3) is 3.14. The van der Waals surface area contributed by atoms with Crippen molar-refractivity contribution < 1.29 is 4.79 Å². The Morgan fingerprint density at radius 3 is 2.56 bits per heavy atom. The normalized spacial score (nSPS) is 25.6. The fourth-order valence-corrected chi connectivity index (χ4v) is 3.45. The fraction of sp³-hybridized carbons (Fsp3) is 0.917. The molecule has 1 aliphatic heterocycles. The van der Waals surface area contributed by atoms with Crippen LogP contribution < -0.4 is 5.32 Å². The number of amides is 1. The van der Waals surface area contributed by atoms with Gasteiger partial charge in [-0.2, -0.15) is 11.8 Å². The highest BCUT2D eigenvalue weighted by molar-refractivity contribution is 7.99. The Morgan fingerprint density at radius 1 is 1.31 bits per heavy atom. The van der Waals surface area contributed by atoms with Crippen LogP contribution in [0.2, 0.25) is 0 Å². The number of hydrogen-bond acceptors (Lipinski definition) is 3. The predicted molar refractivity (Wildman–Crippen MR) is 68.8 cm³/mol. The standard InChI is InChI=1S/C12H22N2OS/c1-10(14-6-8-16-9-7-14)12(15)13-11-4-2-3-5-11/h10-11H,2-9H2,1H3,(H,13,15)/t10-/m0/s1. The van der Waals surface area contributed by atoms with Gasteiger partial charge in [-0.15, -0.1) is 0 Å². The van der Waals surface area contributed by atoms with E-state index in [2.05, 4.69) is 10.2 Å². The molecule has 0 radical (unpaired) electrons. The van der Waals surface area contributed by atoms with Gasteiger partial charge >= 0.3 is 0 Å². The topological polar surface area (TPSA) is 32.3 Å². The van der Waals surface area contributed by atoms with E-state index in [-0.39, 0.29) is 11.9 Å². The average Bonchev–Trinajstić information content (AvgIpc) is 2.82. The van der Waals surface area contributed by atoms with E-state index in [4.69, 9.17) is 0 Å². The lowest BCUT2D eigenvalue weighted by atomic mass is 10.2. The van der Waals surface area contributed by atoms with Crippen LogP contribution in [-0.2, 0) is 4.79 Å². The van der Waals surface area contributed by atoms with Crippen LogP contribution in [0.25, 0.3) is 0 Å². The van der Waals surface area contributed by atoms with Crippen LogP contribution >= 0.6 is 11.8 Å². The largest absolute Gasteiger partial charge is 0.352 e. The van der Waals surface area contributed by atoms with Crippen LogP contribution in [0.15, 0.2) is 0 Å². The second kappa shape index (κ2) is 5.92. The Morgan fingerprint density at radius 2 is 1.94 bits per heavy atom. The molecule has 0 unspecified atom stereocenters. The van der Waals surface area contributed by atoms with Crippen molar-refractivity contribution >= 4 is 17.7 Å². The molecule has 3 nitrogen and oxygen atoms in total. The summed E-state index contributed by atoms with van der Waals surface area (Å²) >= 11 is 1.99. The molecule has 1 saturated carbocycles. The van der Waals surface area contributed by atoms with Crippen molar-refractivity contribution in [3.63, 3.8) is 0 Å². The van der Waals surface area contributed by atoms with Gasteiger partial charge in [-0.3, -0.25) is 9.69 Å². The maximum Gasteiger partial charge on any atom is 0.237 e. The molecule has 1 atom stereocenters. The monoisotopic (exact) mass is 242 g/mol. The summed E-state index contributed by atoms with van der Waals surface area (Å²) in [4.78, 5) is 14.3. The number of hydrogen-bond donors (Lipinski definition) is 1. The van der Waals surface area contributed by atoms with E-state index in [0.717, 1.165) is 13.1 Å². The molecule has 0 aromatic carbocycles. The summed E-state index contributed by atoms with van der Waals surface area (Å²) in [5, 5.41) is 3.19. The van der Waals surface area contributed by atoms with Crippen LogP contribution in [0, 0.1) is 0 Å². The minimum atomic E-state index is 0.0569. The molecule has 1 saturated heterocycles. The zero-order valence-electron chi connectivity index (χ0n) is 10.1. The molecule has 2 fully saturated rings. The smallest absolute Gasteiger partial charge is 0.237 e. The van der Waals surface area contributed by atoms with Crippen molar-refractivity contribution in [1.29, 1.82) is 0 Å². The van der Waals surface area contributed by atoms with E-state index in [1.165, 1.54) is 37.2 Å². The Hall–Kier alpha value is -0.220. The van der Waals surface area contributed by atoms with Gasteiger partial charge < -0.3 is 5.32 Å². The average molecular weight is 242 g/mol. The molecular formula is C12H22N2OS. The van der Waals surface area contributed by atoms with E-state index >= 15 is 0 Å². The number of carbonyl (C=O) groups is 1. The number of nitrogens with one attached hydrogen (secondary N) is 1. The van der Waals surface area contributed by atoms with Crippen molar-refractivity contribution in [3.8, 4) is 0 Å². The highest BCUT2D eigenvalue weighted by Crippen LogP contribution is 2.18. The quantitative estimate of drug-likeness (QED) is 0.813. The Bertz CT molecular complexity index is 235. The summed E-state index contributed by atoms with van der Waals surface area (Å²) in [6, 6.07) is 0.510. The predicted octanol–water partition coefficient (Wildman–Crippen LogP) is 1.48. The van der Waals surface area contributed by atoms with Gasteiger partial charge in [-0.1, -0.05) is 12.8 Å². The van der Waals surface area contributed by atoms with E-state index in [1.807, 2.05) is 18.7 Å². The van der Waals surface area contributed by atoms with E-state index < -0.39 is 0 Å². The maximum absolute atomic E-state index is 12.0. The third-order valence-corrected chi connectivity index (χ3v) is 4.62. The first kappa shape index (κ1) is 12.2. The first-order chi connectivity index (χ1) is 7.77. The van der Waals surface area contributed by atoms with E-state index in [1.54, 1.807) is 0 Å². The molecule has 1 aliphatic carbocycles. The van der Waals surface area contributed by atoms with Crippen molar-refractivity contribution in [1.82, 2.24) is 10.2 Å². The zero-order chi connectivity index (χ0) is 11.4. The van der Waals surface area contributed by atoms with Crippen molar-refractivity contribution in [2.45, 2.75) is 44.7 Å². The van der Waals surface area contributed by atoms with Crippen LogP contribution in [0.1, 0.15) is 32.6 Å². The van der Waals surface area contributed by atoms with Gasteiger partial charge in [0.1, 0.15) is 0 Å². The first-order valence-electron chi connectivity index (χ1n) is 6.39. The van der Waals surface area contributed by atoms with Crippen molar-refractivity contribution in [3.05, 3.63) is 0 Å². The highest BCUT2D eigenvalue weighted by atomic mass is 32.2. The third-order valence-electron chi connectivity index (χ3n) is 3.67. The Balaban J connectivity index is 1.78. The molecule has 0 spiro atoms. The van der Waals surface area contributed by atoms with E-state index in [9.17, 15) is 4.79 Å².